The molecule has 0 bridgehead atoms. The van der Waals surface area contributed by atoms with E-state index in [1.165, 1.54) is 56.9 Å². The first-order chi connectivity index (χ1) is 11.8. The molecule has 134 valence electrons. The first kappa shape index (κ1) is 19.0. The van der Waals surface area contributed by atoms with Crippen molar-refractivity contribution in [2.75, 3.05) is 6.54 Å². The first-order valence-electron chi connectivity index (χ1n) is 10.1. The standard InChI is InChI=1S/C22H35NO/c1-2-3-4-5-9-13-20-18-21(20)14-10-15-22(24)23-17-16-19-11-7-6-8-12-19/h6-8,11-12,20-21H,2-5,9-10,13-18H2,1H3,(H,23,24). The van der Waals surface area contributed by atoms with Gasteiger partial charge >= 0.3 is 0 Å². The number of carbonyl (C=O) groups is 1. The van der Waals surface area contributed by atoms with E-state index in [0.29, 0.717) is 6.42 Å². The summed E-state index contributed by atoms with van der Waals surface area (Å²) in [5, 5.41) is 3.05. The molecule has 1 aromatic rings. The summed E-state index contributed by atoms with van der Waals surface area (Å²) >= 11 is 0. The van der Waals surface area contributed by atoms with Gasteiger partial charge in [-0.3, -0.25) is 4.79 Å². The summed E-state index contributed by atoms with van der Waals surface area (Å²) < 4.78 is 0. The Morgan fingerprint density at radius 2 is 1.71 bits per heavy atom. The summed E-state index contributed by atoms with van der Waals surface area (Å²) in [5.41, 5.74) is 1.29. The number of hydrogen-bond donors (Lipinski definition) is 1. The zero-order valence-electron chi connectivity index (χ0n) is 15.4. The van der Waals surface area contributed by atoms with Crippen LogP contribution in [-0.4, -0.2) is 12.5 Å². The minimum Gasteiger partial charge on any atom is -0.356 e. The molecular formula is C22H35NO. The molecule has 0 spiro atoms. The first-order valence-corrected chi connectivity index (χ1v) is 10.1. The van der Waals surface area contributed by atoms with E-state index in [1.807, 2.05) is 18.2 Å². The maximum Gasteiger partial charge on any atom is 0.220 e. The average molecular weight is 330 g/mol. The Morgan fingerprint density at radius 1 is 1.00 bits per heavy atom. The van der Waals surface area contributed by atoms with Gasteiger partial charge in [0.05, 0.1) is 0 Å². The minimum atomic E-state index is 0.225. The molecule has 0 radical (unpaired) electrons. The van der Waals surface area contributed by atoms with Crippen LogP contribution in [0.1, 0.15) is 76.7 Å². The zero-order valence-corrected chi connectivity index (χ0v) is 15.4. The van der Waals surface area contributed by atoms with Crippen LogP contribution in [0.4, 0.5) is 0 Å². The normalized spacial score (nSPS) is 19.2. The Balaban J connectivity index is 1.41. The van der Waals surface area contributed by atoms with Crippen molar-refractivity contribution in [3.63, 3.8) is 0 Å². The van der Waals surface area contributed by atoms with Gasteiger partial charge in [0.1, 0.15) is 0 Å². The van der Waals surface area contributed by atoms with Crippen molar-refractivity contribution >= 4 is 5.91 Å². The van der Waals surface area contributed by atoms with Crippen molar-refractivity contribution in [2.24, 2.45) is 11.8 Å². The van der Waals surface area contributed by atoms with Crippen LogP contribution in [0.15, 0.2) is 30.3 Å². The molecular weight excluding hydrogens is 294 g/mol. The second kappa shape index (κ2) is 11.3. The van der Waals surface area contributed by atoms with Crippen LogP contribution in [0.2, 0.25) is 0 Å². The molecule has 2 rings (SSSR count). The van der Waals surface area contributed by atoms with E-state index in [-0.39, 0.29) is 5.91 Å². The summed E-state index contributed by atoms with van der Waals surface area (Å²) in [4.78, 5) is 11.9. The molecule has 1 aromatic carbocycles. The molecule has 2 unspecified atom stereocenters. The number of hydrogen-bond acceptors (Lipinski definition) is 1. The third-order valence-electron chi connectivity index (χ3n) is 5.30. The molecule has 2 nitrogen and oxygen atoms in total. The Labute approximate surface area is 148 Å². The predicted molar refractivity (Wildman–Crippen MR) is 102 cm³/mol. The van der Waals surface area contributed by atoms with Crippen LogP contribution in [0, 0.1) is 11.8 Å². The Hall–Kier alpha value is -1.31. The van der Waals surface area contributed by atoms with E-state index in [9.17, 15) is 4.79 Å². The molecule has 24 heavy (non-hydrogen) atoms. The number of nitrogens with one attached hydrogen (secondary N) is 1. The lowest BCUT2D eigenvalue weighted by molar-refractivity contribution is -0.121. The number of carbonyl (C=O) groups excluding carboxylic acids is 1. The van der Waals surface area contributed by atoms with Gasteiger partial charge in [-0.1, -0.05) is 75.8 Å². The zero-order chi connectivity index (χ0) is 17.0. The summed E-state index contributed by atoms with van der Waals surface area (Å²) in [6.07, 6.45) is 13.8. The van der Waals surface area contributed by atoms with E-state index in [4.69, 9.17) is 0 Å². The molecule has 2 atom stereocenters. The largest absolute Gasteiger partial charge is 0.356 e. The molecule has 1 N–H and O–H groups in total. The maximum absolute atomic E-state index is 11.9. The fourth-order valence-corrected chi connectivity index (χ4v) is 3.63. The van der Waals surface area contributed by atoms with Crippen molar-refractivity contribution in [1.29, 1.82) is 0 Å². The molecule has 0 saturated heterocycles. The van der Waals surface area contributed by atoms with Crippen LogP contribution < -0.4 is 5.32 Å². The topological polar surface area (TPSA) is 29.1 Å². The predicted octanol–water partition coefficient (Wildman–Crippen LogP) is 5.51. The third kappa shape index (κ3) is 7.99. The molecule has 2 heteroatoms. The molecule has 1 aliphatic carbocycles. The molecule has 0 aliphatic heterocycles. The highest BCUT2D eigenvalue weighted by Crippen LogP contribution is 2.45. The summed E-state index contributed by atoms with van der Waals surface area (Å²) in [5.74, 6) is 2.13. The highest BCUT2D eigenvalue weighted by Gasteiger charge is 2.35. The van der Waals surface area contributed by atoms with Crippen molar-refractivity contribution in [2.45, 2.75) is 77.6 Å². The highest BCUT2D eigenvalue weighted by atomic mass is 16.1. The molecule has 0 aromatic heterocycles. The third-order valence-corrected chi connectivity index (χ3v) is 5.30. The van der Waals surface area contributed by atoms with Gasteiger partial charge in [0.25, 0.3) is 0 Å². The van der Waals surface area contributed by atoms with Crippen molar-refractivity contribution in [3.8, 4) is 0 Å². The van der Waals surface area contributed by atoms with E-state index in [2.05, 4.69) is 24.4 Å². The lowest BCUT2D eigenvalue weighted by atomic mass is 10.1. The smallest absolute Gasteiger partial charge is 0.220 e. The number of rotatable bonds is 13. The number of unbranched alkanes of at least 4 members (excludes halogenated alkanes) is 4. The van der Waals surface area contributed by atoms with Gasteiger partial charge in [-0.25, -0.2) is 0 Å². The number of amides is 1. The van der Waals surface area contributed by atoms with Gasteiger partial charge in [-0.15, -0.1) is 0 Å². The SMILES string of the molecule is CCCCCCCC1CC1CCCC(=O)NCCc1ccccc1. The highest BCUT2D eigenvalue weighted by molar-refractivity contribution is 5.75. The molecule has 1 saturated carbocycles. The lowest BCUT2D eigenvalue weighted by Crippen LogP contribution is -2.25. The summed E-state index contributed by atoms with van der Waals surface area (Å²) in [6.45, 7) is 3.03. The maximum atomic E-state index is 11.9. The second-order valence-electron chi connectivity index (χ2n) is 7.44. The fraction of sp³-hybridized carbons (Fsp3) is 0.682. The van der Waals surface area contributed by atoms with Gasteiger partial charge < -0.3 is 5.32 Å². The molecule has 0 heterocycles. The summed E-state index contributed by atoms with van der Waals surface area (Å²) in [6, 6.07) is 10.3. The van der Waals surface area contributed by atoms with Gasteiger partial charge in [0, 0.05) is 13.0 Å². The fourth-order valence-electron chi connectivity index (χ4n) is 3.63. The van der Waals surface area contributed by atoms with E-state index in [0.717, 1.165) is 31.2 Å². The van der Waals surface area contributed by atoms with Crippen LogP contribution in [0.3, 0.4) is 0 Å². The van der Waals surface area contributed by atoms with Crippen LogP contribution >= 0.6 is 0 Å². The van der Waals surface area contributed by atoms with Gasteiger partial charge in [0.15, 0.2) is 0 Å². The Kier molecular flexibility index (Phi) is 8.94. The van der Waals surface area contributed by atoms with E-state index >= 15 is 0 Å². The lowest BCUT2D eigenvalue weighted by Gasteiger charge is -2.05. The van der Waals surface area contributed by atoms with E-state index < -0.39 is 0 Å². The quantitative estimate of drug-likeness (QED) is 0.475. The van der Waals surface area contributed by atoms with Gasteiger partial charge in [0.2, 0.25) is 5.91 Å². The van der Waals surface area contributed by atoms with Crippen LogP contribution in [0.25, 0.3) is 0 Å². The molecule has 1 fully saturated rings. The van der Waals surface area contributed by atoms with Crippen molar-refractivity contribution < 1.29 is 4.79 Å². The van der Waals surface area contributed by atoms with E-state index in [1.54, 1.807) is 0 Å². The Bertz CT molecular complexity index is 456. The molecule has 1 amide bonds. The number of benzene rings is 1. The molecule has 1 aliphatic rings. The van der Waals surface area contributed by atoms with Gasteiger partial charge in [-0.2, -0.15) is 0 Å². The van der Waals surface area contributed by atoms with Crippen LogP contribution in [0.5, 0.6) is 0 Å². The second-order valence-corrected chi connectivity index (χ2v) is 7.44. The van der Waals surface area contributed by atoms with Crippen molar-refractivity contribution in [3.05, 3.63) is 35.9 Å². The summed E-state index contributed by atoms with van der Waals surface area (Å²) in [7, 11) is 0. The monoisotopic (exact) mass is 329 g/mol. The average Bonchev–Trinajstić information content (AvgIpc) is 3.34. The van der Waals surface area contributed by atoms with Crippen molar-refractivity contribution in [1.82, 2.24) is 5.32 Å². The van der Waals surface area contributed by atoms with Gasteiger partial charge in [-0.05, 0) is 43.1 Å². The Morgan fingerprint density at radius 3 is 2.46 bits per heavy atom. The minimum absolute atomic E-state index is 0.225. The van der Waals surface area contributed by atoms with Crippen LogP contribution in [-0.2, 0) is 11.2 Å².